The van der Waals surface area contributed by atoms with Gasteiger partial charge in [-0.1, -0.05) is 168 Å². The second-order valence-corrected chi connectivity index (χ2v) is 17.5. The maximum atomic E-state index is 12.7. The Morgan fingerprint density at radius 1 is 0.458 bits per heavy atom. The lowest BCUT2D eigenvalue weighted by molar-refractivity contribution is -0.161. The molecule has 0 aliphatic carbocycles. The van der Waals surface area contributed by atoms with Gasteiger partial charge in [-0.05, 0) is 12.8 Å². The van der Waals surface area contributed by atoms with Crippen LogP contribution in [-0.4, -0.2) is 115 Å². The SMILES string of the molecule is CCCCCCCCCCCCCCCC(=O)OC[C@H](COP(=O)(O)OCC(O)COCC(O)COCC(O)CO)OC(=O)CCCCCCCCCCCCCCC. The van der Waals surface area contributed by atoms with Crippen LogP contribution >= 0.6 is 7.82 Å². The minimum absolute atomic E-state index is 0.159. The smallest absolute Gasteiger partial charge is 0.462 e. The van der Waals surface area contributed by atoms with Crippen molar-refractivity contribution in [3.05, 3.63) is 0 Å². The number of carbonyl (C=O) groups is 2. The molecule has 5 N–H and O–H groups in total. The molecule has 0 aromatic heterocycles. The number of aliphatic hydroxyl groups is 4. The second-order valence-electron chi connectivity index (χ2n) is 16.1. The number of carbonyl (C=O) groups excluding carboxylic acids is 2. The van der Waals surface area contributed by atoms with E-state index < -0.39 is 64.0 Å². The summed E-state index contributed by atoms with van der Waals surface area (Å²) in [6, 6.07) is 0. The first kappa shape index (κ1) is 57.8. The lowest BCUT2D eigenvalue weighted by Gasteiger charge is -2.20. The molecule has 14 nitrogen and oxygen atoms in total. The summed E-state index contributed by atoms with van der Waals surface area (Å²) < 4.78 is 43.7. The van der Waals surface area contributed by atoms with E-state index in [-0.39, 0.29) is 45.9 Å². The van der Waals surface area contributed by atoms with E-state index in [4.69, 9.17) is 33.1 Å². The number of aliphatic hydroxyl groups excluding tert-OH is 4. The van der Waals surface area contributed by atoms with Crippen LogP contribution in [0.4, 0.5) is 0 Å². The molecule has 0 bridgehead atoms. The van der Waals surface area contributed by atoms with Crippen LogP contribution in [0.5, 0.6) is 0 Å². The zero-order valence-electron chi connectivity index (χ0n) is 37.1. The predicted octanol–water partition coefficient (Wildman–Crippen LogP) is 8.65. The van der Waals surface area contributed by atoms with Gasteiger partial charge in [0.25, 0.3) is 0 Å². The third-order valence-electron chi connectivity index (χ3n) is 10.0. The highest BCUT2D eigenvalue weighted by Gasteiger charge is 2.27. The fourth-order valence-electron chi connectivity index (χ4n) is 6.42. The first-order valence-corrected chi connectivity index (χ1v) is 24.8. The van der Waals surface area contributed by atoms with Crippen LogP contribution in [0.1, 0.15) is 194 Å². The van der Waals surface area contributed by atoms with Gasteiger partial charge in [0, 0.05) is 12.8 Å². The Morgan fingerprint density at radius 2 is 0.797 bits per heavy atom. The molecule has 0 aromatic carbocycles. The largest absolute Gasteiger partial charge is 0.472 e. The number of phosphoric acid groups is 1. The van der Waals surface area contributed by atoms with E-state index >= 15 is 0 Å². The zero-order valence-corrected chi connectivity index (χ0v) is 38.0. The van der Waals surface area contributed by atoms with Gasteiger partial charge in [0.2, 0.25) is 0 Å². The number of unbranched alkanes of at least 4 members (excludes halogenated alkanes) is 24. The Morgan fingerprint density at radius 3 is 1.20 bits per heavy atom. The van der Waals surface area contributed by atoms with E-state index in [1.165, 1.54) is 116 Å². The van der Waals surface area contributed by atoms with Crippen molar-refractivity contribution in [3.63, 3.8) is 0 Å². The summed E-state index contributed by atoms with van der Waals surface area (Å²) in [5.41, 5.74) is 0. The van der Waals surface area contributed by atoms with Gasteiger partial charge in [0.1, 0.15) is 24.9 Å². The first-order valence-electron chi connectivity index (χ1n) is 23.3. The van der Waals surface area contributed by atoms with Crippen LogP contribution in [0, 0.1) is 0 Å². The van der Waals surface area contributed by atoms with Gasteiger partial charge in [-0.25, -0.2) is 4.57 Å². The van der Waals surface area contributed by atoms with E-state index in [2.05, 4.69) is 13.8 Å². The third-order valence-corrected chi connectivity index (χ3v) is 11.0. The lowest BCUT2D eigenvalue weighted by atomic mass is 10.0. The summed E-state index contributed by atoms with van der Waals surface area (Å²) in [5.74, 6) is -0.968. The van der Waals surface area contributed by atoms with Gasteiger partial charge in [-0.3, -0.25) is 18.6 Å². The van der Waals surface area contributed by atoms with Gasteiger partial charge in [-0.15, -0.1) is 0 Å². The molecule has 5 atom stereocenters. The molecule has 0 amide bonds. The number of hydrogen-bond acceptors (Lipinski definition) is 13. The summed E-state index contributed by atoms with van der Waals surface area (Å²) in [6.45, 7) is 1.51. The van der Waals surface area contributed by atoms with Crippen molar-refractivity contribution in [2.24, 2.45) is 0 Å². The molecule has 0 saturated carbocycles. The van der Waals surface area contributed by atoms with E-state index in [0.717, 1.165) is 38.5 Å². The predicted molar refractivity (Wildman–Crippen MR) is 230 cm³/mol. The molecule has 352 valence electrons. The van der Waals surface area contributed by atoms with Gasteiger partial charge in [0.05, 0.1) is 46.2 Å². The summed E-state index contributed by atoms with van der Waals surface area (Å²) in [7, 11) is -4.73. The molecule has 0 fully saturated rings. The number of phosphoric ester groups is 1. The van der Waals surface area contributed by atoms with Gasteiger partial charge in [0.15, 0.2) is 6.10 Å². The van der Waals surface area contributed by atoms with Gasteiger partial charge >= 0.3 is 19.8 Å². The molecule has 0 spiro atoms. The molecule has 0 aromatic rings. The fourth-order valence-corrected chi connectivity index (χ4v) is 7.21. The van der Waals surface area contributed by atoms with Crippen LogP contribution in [0.15, 0.2) is 0 Å². The molecule has 15 heteroatoms. The summed E-state index contributed by atoms with van der Waals surface area (Å²) in [4.78, 5) is 35.5. The van der Waals surface area contributed by atoms with Crippen molar-refractivity contribution < 1.29 is 67.5 Å². The average Bonchev–Trinajstić information content (AvgIpc) is 3.21. The summed E-state index contributed by atoms with van der Waals surface area (Å²) >= 11 is 0. The number of rotatable bonds is 46. The van der Waals surface area contributed by atoms with Crippen molar-refractivity contribution in [2.45, 2.75) is 218 Å². The van der Waals surface area contributed by atoms with Crippen molar-refractivity contribution in [1.29, 1.82) is 0 Å². The molecular formula is C44H87O14P. The molecule has 0 saturated heterocycles. The molecule has 59 heavy (non-hydrogen) atoms. The van der Waals surface area contributed by atoms with Crippen LogP contribution in [0.25, 0.3) is 0 Å². The van der Waals surface area contributed by atoms with Crippen molar-refractivity contribution in [2.75, 3.05) is 52.9 Å². The second kappa shape index (κ2) is 42.1. The Hall–Kier alpha value is -1.19. The van der Waals surface area contributed by atoms with Crippen LogP contribution in [0.3, 0.4) is 0 Å². The minimum atomic E-state index is -4.73. The monoisotopic (exact) mass is 871 g/mol. The third kappa shape index (κ3) is 41.9. The molecular weight excluding hydrogens is 783 g/mol. The number of hydrogen-bond donors (Lipinski definition) is 5. The Balaban J connectivity index is 4.61. The zero-order chi connectivity index (χ0) is 43.7. The fraction of sp³-hybridized carbons (Fsp3) is 0.955. The van der Waals surface area contributed by atoms with Crippen LogP contribution in [-0.2, 0) is 42.1 Å². The lowest BCUT2D eigenvalue weighted by Crippen LogP contribution is -2.30. The topological polar surface area (TPSA) is 208 Å². The van der Waals surface area contributed by atoms with E-state index in [1.54, 1.807) is 0 Å². The van der Waals surface area contributed by atoms with E-state index in [9.17, 15) is 34.4 Å². The Bertz CT molecular complexity index is 989. The highest BCUT2D eigenvalue weighted by molar-refractivity contribution is 7.47. The molecule has 0 aliphatic rings. The van der Waals surface area contributed by atoms with Crippen molar-refractivity contribution in [1.82, 2.24) is 0 Å². The highest BCUT2D eigenvalue weighted by atomic mass is 31.2. The molecule has 4 unspecified atom stereocenters. The summed E-state index contributed by atoms with van der Waals surface area (Å²) in [6.07, 6.45) is 26.5. The number of esters is 2. The molecule has 0 heterocycles. The maximum Gasteiger partial charge on any atom is 0.472 e. The van der Waals surface area contributed by atoms with Crippen LogP contribution in [0.2, 0.25) is 0 Å². The van der Waals surface area contributed by atoms with Crippen molar-refractivity contribution >= 4 is 19.8 Å². The first-order chi connectivity index (χ1) is 28.5. The minimum Gasteiger partial charge on any atom is -0.462 e. The van der Waals surface area contributed by atoms with E-state index in [1.807, 2.05) is 0 Å². The average molecular weight is 871 g/mol. The molecule has 0 aliphatic heterocycles. The van der Waals surface area contributed by atoms with Gasteiger partial charge in [-0.2, -0.15) is 0 Å². The Kier molecular flexibility index (Phi) is 41.3. The Labute approximate surface area is 357 Å². The quantitative estimate of drug-likeness (QED) is 0.0221. The molecule has 0 radical (unpaired) electrons. The molecule has 0 rings (SSSR count). The normalized spacial score (nSPS) is 14.8. The van der Waals surface area contributed by atoms with Gasteiger partial charge < -0.3 is 44.3 Å². The number of ether oxygens (including phenoxy) is 4. The summed E-state index contributed by atoms with van der Waals surface area (Å²) in [5, 5.41) is 38.0. The van der Waals surface area contributed by atoms with Crippen LogP contribution < -0.4 is 0 Å². The maximum absolute atomic E-state index is 12.7. The standard InChI is InChI=1S/C44H87O14P/c1-3-5-7-9-11-13-15-17-19-21-23-25-27-29-43(49)55-37-42(58-44(50)30-28-26-24-22-20-18-16-14-12-10-8-6-4-2)38-57-59(51,52)56-36-41(48)35-54-34-40(47)33-53-32-39(46)31-45/h39-42,45-48H,3-38H2,1-2H3,(H,51,52)/t39?,40?,41?,42-/m1/s1. The highest BCUT2D eigenvalue weighted by Crippen LogP contribution is 2.43. The van der Waals surface area contributed by atoms with E-state index in [0.29, 0.717) is 12.8 Å². The van der Waals surface area contributed by atoms with Crippen molar-refractivity contribution in [3.8, 4) is 0 Å².